The lowest BCUT2D eigenvalue weighted by Gasteiger charge is -2.14. The molecule has 0 amide bonds. The van der Waals surface area contributed by atoms with E-state index >= 15 is 0 Å². The summed E-state index contributed by atoms with van der Waals surface area (Å²) in [6, 6.07) is 7.94. The summed E-state index contributed by atoms with van der Waals surface area (Å²) in [7, 11) is 0. The number of nitrogens with two attached hydrogens (primary N) is 1. The molecule has 1 aromatic carbocycles. The van der Waals surface area contributed by atoms with E-state index in [-0.39, 0.29) is 6.04 Å². The molecule has 0 radical (unpaired) electrons. The van der Waals surface area contributed by atoms with E-state index in [1.54, 1.807) is 6.20 Å². The number of nitrogens with zero attached hydrogens (tertiary/aromatic N) is 1. The first-order valence-corrected chi connectivity index (χ1v) is 6.45. The number of hydrogen-bond acceptors (Lipinski definition) is 3. The van der Waals surface area contributed by atoms with E-state index in [2.05, 4.69) is 31.0 Å². The lowest BCUT2D eigenvalue weighted by atomic mass is 10.1. The maximum Gasteiger partial charge on any atom is 0.219 e. The lowest BCUT2D eigenvalue weighted by Crippen LogP contribution is -2.05. The molecule has 3 heteroatoms. The van der Waals surface area contributed by atoms with Gasteiger partial charge in [0.2, 0.25) is 5.88 Å². The van der Waals surface area contributed by atoms with Gasteiger partial charge in [0, 0.05) is 18.3 Å². The standard InChI is InChI=1S/C16H20N2O/c1-10-5-6-11(2)16(12(10)3)19-15-9-14(13(4)17)7-8-18-15/h5-9,13H,17H2,1-4H3/t13-/m0/s1. The maximum atomic E-state index is 5.94. The Morgan fingerprint density at radius 3 is 2.47 bits per heavy atom. The van der Waals surface area contributed by atoms with Gasteiger partial charge in [0.15, 0.2) is 0 Å². The Balaban J connectivity index is 2.36. The molecule has 0 saturated heterocycles. The summed E-state index contributed by atoms with van der Waals surface area (Å²) < 4.78 is 5.94. The Labute approximate surface area is 114 Å². The van der Waals surface area contributed by atoms with Gasteiger partial charge < -0.3 is 10.5 Å². The minimum absolute atomic E-state index is 0.0231. The fraction of sp³-hybridized carbons (Fsp3) is 0.312. The number of aryl methyl sites for hydroxylation is 2. The molecule has 1 aromatic heterocycles. The molecule has 3 nitrogen and oxygen atoms in total. The van der Waals surface area contributed by atoms with Crippen LogP contribution in [0.5, 0.6) is 11.6 Å². The van der Waals surface area contributed by atoms with Gasteiger partial charge in [-0.3, -0.25) is 0 Å². The van der Waals surface area contributed by atoms with Gasteiger partial charge in [0.25, 0.3) is 0 Å². The second-order valence-corrected chi connectivity index (χ2v) is 4.97. The van der Waals surface area contributed by atoms with E-state index in [0.29, 0.717) is 5.88 Å². The van der Waals surface area contributed by atoms with E-state index < -0.39 is 0 Å². The minimum Gasteiger partial charge on any atom is -0.438 e. The lowest BCUT2D eigenvalue weighted by molar-refractivity contribution is 0.454. The van der Waals surface area contributed by atoms with Gasteiger partial charge >= 0.3 is 0 Å². The summed E-state index contributed by atoms with van der Waals surface area (Å²) in [5.41, 5.74) is 10.4. The molecular formula is C16H20N2O. The van der Waals surface area contributed by atoms with Gasteiger partial charge in [0.05, 0.1) is 0 Å². The van der Waals surface area contributed by atoms with Gasteiger partial charge in [-0.15, -0.1) is 0 Å². The number of benzene rings is 1. The quantitative estimate of drug-likeness (QED) is 0.908. The van der Waals surface area contributed by atoms with Crippen molar-refractivity contribution in [3.63, 3.8) is 0 Å². The number of pyridine rings is 1. The summed E-state index contributed by atoms with van der Waals surface area (Å²) in [6.45, 7) is 8.12. The molecule has 1 heterocycles. The SMILES string of the molecule is Cc1ccc(C)c(Oc2cc([C@H](C)N)ccn2)c1C. The molecule has 2 N–H and O–H groups in total. The summed E-state index contributed by atoms with van der Waals surface area (Å²) in [6.07, 6.45) is 1.73. The van der Waals surface area contributed by atoms with Crippen molar-refractivity contribution in [1.29, 1.82) is 0 Å². The Morgan fingerprint density at radius 2 is 1.79 bits per heavy atom. The van der Waals surface area contributed by atoms with Crippen LogP contribution in [0, 0.1) is 20.8 Å². The topological polar surface area (TPSA) is 48.1 Å². The first kappa shape index (κ1) is 13.6. The highest BCUT2D eigenvalue weighted by Gasteiger charge is 2.09. The van der Waals surface area contributed by atoms with Crippen LogP contribution < -0.4 is 10.5 Å². The van der Waals surface area contributed by atoms with Crippen LogP contribution in [0.3, 0.4) is 0 Å². The fourth-order valence-electron chi connectivity index (χ4n) is 1.95. The van der Waals surface area contributed by atoms with Crippen molar-refractivity contribution >= 4 is 0 Å². The zero-order valence-corrected chi connectivity index (χ0v) is 11.9. The van der Waals surface area contributed by atoms with Crippen molar-refractivity contribution in [2.24, 2.45) is 5.73 Å². The molecular weight excluding hydrogens is 236 g/mol. The van der Waals surface area contributed by atoms with Crippen LogP contribution in [-0.4, -0.2) is 4.98 Å². The molecule has 1 atom stereocenters. The summed E-state index contributed by atoms with van der Waals surface area (Å²) in [5.74, 6) is 1.47. The largest absolute Gasteiger partial charge is 0.438 e. The highest BCUT2D eigenvalue weighted by atomic mass is 16.5. The molecule has 0 spiro atoms. The third kappa shape index (κ3) is 2.93. The number of ether oxygens (including phenoxy) is 1. The van der Waals surface area contributed by atoms with Gasteiger partial charge in [0.1, 0.15) is 5.75 Å². The van der Waals surface area contributed by atoms with Crippen molar-refractivity contribution in [3.05, 3.63) is 52.7 Å². The Hall–Kier alpha value is -1.87. The van der Waals surface area contributed by atoms with E-state index in [0.717, 1.165) is 22.4 Å². The second kappa shape index (κ2) is 5.41. The summed E-state index contributed by atoms with van der Waals surface area (Å²) in [4.78, 5) is 4.25. The Kier molecular flexibility index (Phi) is 3.86. The van der Waals surface area contributed by atoms with Crippen molar-refractivity contribution in [3.8, 4) is 11.6 Å². The molecule has 100 valence electrons. The van der Waals surface area contributed by atoms with Crippen molar-refractivity contribution in [2.75, 3.05) is 0 Å². The van der Waals surface area contributed by atoms with Gasteiger partial charge in [-0.1, -0.05) is 12.1 Å². The third-order valence-electron chi connectivity index (χ3n) is 3.36. The van der Waals surface area contributed by atoms with E-state index in [9.17, 15) is 0 Å². The van der Waals surface area contributed by atoms with Crippen molar-refractivity contribution in [2.45, 2.75) is 33.7 Å². The number of aromatic nitrogens is 1. The molecule has 0 bridgehead atoms. The molecule has 0 fully saturated rings. The van der Waals surface area contributed by atoms with Crippen LogP contribution in [0.2, 0.25) is 0 Å². The molecule has 2 aromatic rings. The molecule has 19 heavy (non-hydrogen) atoms. The van der Waals surface area contributed by atoms with E-state index in [4.69, 9.17) is 10.5 Å². The smallest absolute Gasteiger partial charge is 0.219 e. The van der Waals surface area contributed by atoms with Crippen LogP contribution in [0.15, 0.2) is 30.5 Å². The van der Waals surface area contributed by atoms with Crippen LogP contribution in [-0.2, 0) is 0 Å². The molecule has 0 aliphatic carbocycles. The Morgan fingerprint density at radius 1 is 1.11 bits per heavy atom. The molecule has 0 saturated carbocycles. The van der Waals surface area contributed by atoms with Gasteiger partial charge in [-0.05, 0) is 56.0 Å². The predicted octanol–water partition coefficient (Wildman–Crippen LogP) is 3.82. The van der Waals surface area contributed by atoms with Crippen LogP contribution in [0.1, 0.15) is 35.2 Å². The minimum atomic E-state index is -0.0231. The average molecular weight is 256 g/mol. The van der Waals surface area contributed by atoms with Crippen LogP contribution in [0.25, 0.3) is 0 Å². The molecule has 0 unspecified atom stereocenters. The van der Waals surface area contributed by atoms with E-state index in [1.165, 1.54) is 5.56 Å². The van der Waals surface area contributed by atoms with Gasteiger partial charge in [-0.2, -0.15) is 0 Å². The van der Waals surface area contributed by atoms with Crippen molar-refractivity contribution in [1.82, 2.24) is 4.98 Å². The van der Waals surface area contributed by atoms with Crippen LogP contribution in [0.4, 0.5) is 0 Å². The Bertz CT molecular complexity index is 591. The number of hydrogen-bond donors (Lipinski definition) is 1. The first-order chi connectivity index (χ1) is 8.99. The fourth-order valence-corrected chi connectivity index (χ4v) is 1.95. The zero-order valence-electron chi connectivity index (χ0n) is 11.9. The summed E-state index contributed by atoms with van der Waals surface area (Å²) >= 11 is 0. The highest BCUT2D eigenvalue weighted by Crippen LogP contribution is 2.30. The summed E-state index contributed by atoms with van der Waals surface area (Å²) in [5, 5.41) is 0. The zero-order chi connectivity index (χ0) is 14.0. The molecule has 0 aliphatic heterocycles. The van der Waals surface area contributed by atoms with E-state index in [1.807, 2.05) is 26.0 Å². The van der Waals surface area contributed by atoms with Gasteiger partial charge in [-0.25, -0.2) is 4.98 Å². The highest BCUT2D eigenvalue weighted by molar-refractivity contribution is 5.46. The average Bonchev–Trinajstić information content (AvgIpc) is 2.39. The second-order valence-electron chi connectivity index (χ2n) is 4.97. The van der Waals surface area contributed by atoms with Crippen LogP contribution >= 0.6 is 0 Å². The third-order valence-corrected chi connectivity index (χ3v) is 3.36. The monoisotopic (exact) mass is 256 g/mol. The molecule has 2 rings (SSSR count). The van der Waals surface area contributed by atoms with Crippen molar-refractivity contribution < 1.29 is 4.74 Å². The number of rotatable bonds is 3. The predicted molar refractivity (Wildman–Crippen MR) is 77.6 cm³/mol. The molecule has 0 aliphatic rings. The maximum absolute atomic E-state index is 5.94. The normalized spacial score (nSPS) is 12.3. The first-order valence-electron chi connectivity index (χ1n) is 6.45.